The van der Waals surface area contributed by atoms with Crippen molar-refractivity contribution in [2.24, 2.45) is 14.1 Å². The number of ether oxygens (including phenoxy) is 1. The number of halogens is 2. The Morgan fingerprint density at radius 3 is 2.38 bits per heavy atom. The van der Waals surface area contributed by atoms with E-state index in [2.05, 4.69) is 21.7 Å². The van der Waals surface area contributed by atoms with Crippen LogP contribution in [-0.2, 0) is 20.5 Å². The highest BCUT2D eigenvalue weighted by atomic mass is 35.5. The van der Waals surface area contributed by atoms with Crippen LogP contribution >= 0.6 is 23.2 Å². The average Bonchev–Trinajstić information content (AvgIpc) is 3.69. The van der Waals surface area contributed by atoms with Crippen LogP contribution in [0, 0.1) is 27.7 Å². The van der Waals surface area contributed by atoms with Crippen molar-refractivity contribution in [1.82, 2.24) is 24.1 Å². The average molecular weight is 714 g/mol. The lowest BCUT2D eigenvalue weighted by Gasteiger charge is -2.34. The first-order chi connectivity index (χ1) is 23.8. The lowest BCUT2D eigenvalue weighted by molar-refractivity contribution is 0.0698. The number of carboxylic acid groups (broad SMARTS) is 1. The number of carboxylic acids is 1. The van der Waals surface area contributed by atoms with Gasteiger partial charge in [0.25, 0.3) is 5.91 Å². The van der Waals surface area contributed by atoms with E-state index in [0.717, 1.165) is 60.9 Å². The number of hydrogen-bond donors (Lipinski definition) is 1. The van der Waals surface area contributed by atoms with Gasteiger partial charge in [0, 0.05) is 65.0 Å². The first-order valence-electron chi connectivity index (χ1n) is 16.5. The van der Waals surface area contributed by atoms with Crippen LogP contribution in [0.2, 0.25) is 10.0 Å². The molecule has 0 aliphatic carbocycles. The number of fused-ring (bicyclic) bond motifs is 4. The van der Waals surface area contributed by atoms with Gasteiger partial charge in [0.2, 0.25) is 0 Å². The Morgan fingerprint density at radius 1 is 1.00 bits per heavy atom. The molecule has 0 unspecified atom stereocenters. The van der Waals surface area contributed by atoms with Gasteiger partial charge in [-0.1, -0.05) is 29.3 Å². The summed E-state index contributed by atoms with van der Waals surface area (Å²) in [7, 11) is 3.62. The molecule has 1 aliphatic heterocycles. The first kappa shape index (κ1) is 33.7. The Bertz CT molecular complexity index is 2360. The first-order valence-corrected chi connectivity index (χ1v) is 17.3. The molecule has 1 amide bonds. The molecule has 6 aromatic rings. The molecule has 50 heavy (non-hydrogen) atoms. The van der Waals surface area contributed by atoms with Gasteiger partial charge in [-0.05, 0) is 94.5 Å². The molecule has 0 spiro atoms. The van der Waals surface area contributed by atoms with Gasteiger partial charge in [0.1, 0.15) is 11.4 Å². The van der Waals surface area contributed by atoms with E-state index in [9.17, 15) is 14.7 Å². The summed E-state index contributed by atoms with van der Waals surface area (Å²) in [5.74, 6) is -0.540. The SMILES string of the molecule is Cc1cc(OCCCc2c3n(c4c(-c5c(C)nn(C)c5C)c(Cl)ccc24)[C@H](C)CN(c2cc(C(=O)O)c4c(cnn4C)c2)C3=O)cc(C)c1Cl. The number of benzene rings is 3. The predicted molar refractivity (Wildman–Crippen MR) is 197 cm³/mol. The van der Waals surface area contributed by atoms with E-state index in [-0.39, 0.29) is 17.5 Å². The monoisotopic (exact) mass is 712 g/mol. The van der Waals surface area contributed by atoms with Crippen LogP contribution in [0.4, 0.5) is 5.69 Å². The minimum absolute atomic E-state index is 0.0886. The molecule has 0 saturated carbocycles. The lowest BCUT2D eigenvalue weighted by atomic mass is 9.98. The Kier molecular flexibility index (Phi) is 8.43. The number of carbonyl (C=O) groups is 2. The molecule has 3 aromatic carbocycles. The zero-order valence-corrected chi connectivity index (χ0v) is 30.6. The number of nitrogens with zero attached hydrogens (tertiary/aromatic N) is 6. The zero-order chi connectivity index (χ0) is 35.8. The van der Waals surface area contributed by atoms with Gasteiger partial charge in [-0.15, -0.1) is 0 Å². The zero-order valence-electron chi connectivity index (χ0n) is 29.1. The number of hydrogen-bond acceptors (Lipinski definition) is 5. The molecule has 0 saturated heterocycles. The van der Waals surface area contributed by atoms with Gasteiger partial charge in [-0.2, -0.15) is 10.2 Å². The number of aromatic carboxylic acids is 1. The number of aryl methyl sites for hydroxylation is 6. The van der Waals surface area contributed by atoms with Gasteiger partial charge in [-0.3, -0.25) is 14.2 Å². The van der Waals surface area contributed by atoms with Gasteiger partial charge >= 0.3 is 5.97 Å². The van der Waals surface area contributed by atoms with Crippen LogP contribution in [-0.4, -0.2) is 54.3 Å². The summed E-state index contributed by atoms with van der Waals surface area (Å²) in [5, 5.41) is 22.0. The molecule has 1 atom stereocenters. The third-order valence-corrected chi connectivity index (χ3v) is 10.8. The molecular weight excluding hydrogens is 675 g/mol. The van der Waals surface area contributed by atoms with Crippen molar-refractivity contribution < 1.29 is 19.4 Å². The van der Waals surface area contributed by atoms with Crippen LogP contribution < -0.4 is 9.64 Å². The fourth-order valence-electron chi connectivity index (χ4n) is 7.58. The number of amides is 1. The quantitative estimate of drug-likeness (QED) is 0.159. The van der Waals surface area contributed by atoms with Crippen molar-refractivity contribution in [3.05, 3.63) is 92.0 Å². The highest BCUT2D eigenvalue weighted by molar-refractivity contribution is 6.35. The maximum absolute atomic E-state index is 14.9. The van der Waals surface area contributed by atoms with Crippen molar-refractivity contribution >= 4 is 62.6 Å². The third-order valence-electron chi connectivity index (χ3n) is 9.92. The summed E-state index contributed by atoms with van der Waals surface area (Å²) >= 11 is 13.4. The Morgan fingerprint density at radius 2 is 1.72 bits per heavy atom. The number of rotatable bonds is 8. The van der Waals surface area contributed by atoms with Crippen LogP contribution in [0.5, 0.6) is 5.75 Å². The summed E-state index contributed by atoms with van der Waals surface area (Å²) in [6.45, 7) is 10.8. The standard InChI is InChI=1S/C38H38Cl2N6O4/c1-19-13-26(14-20(2)33(19)40)50-12-8-9-27-28-10-11-30(39)32(31-22(4)42-43(6)23(31)5)35(28)46-21(3)18-45(37(47)36(27)46)25-15-24-17-41-44(7)34(24)29(16-25)38(48)49/h10-11,13-17,21H,8-9,12,18H2,1-7H3,(H,48,49)/t21-/m1/s1. The number of carbonyl (C=O) groups excluding carboxylic acids is 1. The van der Waals surface area contributed by atoms with E-state index < -0.39 is 5.97 Å². The van der Waals surface area contributed by atoms with Crippen LogP contribution in [0.1, 0.15) is 68.3 Å². The molecular formula is C38H38Cl2N6O4. The van der Waals surface area contributed by atoms with Crippen molar-refractivity contribution in [2.45, 2.75) is 53.5 Å². The van der Waals surface area contributed by atoms with Gasteiger partial charge in [0.05, 0.1) is 40.1 Å². The van der Waals surface area contributed by atoms with Gasteiger partial charge in [0.15, 0.2) is 0 Å². The summed E-state index contributed by atoms with van der Waals surface area (Å²) < 4.78 is 11.7. The largest absolute Gasteiger partial charge is 0.494 e. The van der Waals surface area contributed by atoms with E-state index >= 15 is 0 Å². The molecule has 258 valence electrons. The highest BCUT2D eigenvalue weighted by Gasteiger charge is 2.37. The Balaban J connectivity index is 1.37. The molecule has 0 bridgehead atoms. The molecule has 0 fully saturated rings. The molecule has 12 heteroatoms. The summed E-state index contributed by atoms with van der Waals surface area (Å²) in [6, 6.07) is 11.0. The number of anilines is 1. The maximum atomic E-state index is 14.9. The summed E-state index contributed by atoms with van der Waals surface area (Å²) in [4.78, 5) is 28.9. The van der Waals surface area contributed by atoms with E-state index in [0.29, 0.717) is 53.3 Å². The fourth-order valence-corrected chi connectivity index (χ4v) is 7.93. The van der Waals surface area contributed by atoms with E-state index in [1.54, 1.807) is 28.9 Å². The Hall–Kier alpha value is -4.80. The lowest BCUT2D eigenvalue weighted by Crippen LogP contribution is -2.42. The van der Waals surface area contributed by atoms with Crippen molar-refractivity contribution in [3.8, 4) is 16.9 Å². The van der Waals surface area contributed by atoms with Crippen molar-refractivity contribution in [3.63, 3.8) is 0 Å². The van der Waals surface area contributed by atoms with E-state index in [4.69, 9.17) is 27.9 Å². The van der Waals surface area contributed by atoms with E-state index in [1.807, 2.05) is 69.8 Å². The molecule has 4 heterocycles. The normalized spacial score (nSPS) is 14.6. The molecule has 10 nitrogen and oxygen atoms in total. The van der Waals surface area contributed by atoms with Crippen LogP contribution in [0.25, 0.3) is 32.9 Å². The molecule has 1 aliphatic rings. The Labute approximate surface area is 299 Å². The highest BCUT2D eigenvalue weighted by Crippen LogP contribution is 2.45. The maximum Gasteiger partial charge on any atom is 0.337 e. The second-order valence-electron chi connectivity index (χ2n) is 13.3. The van der Waals surface area contributed by atoms with Crippen LogP contribution in [0.15, 0.2) is 42.6 Å². The summed E-state index contributed by atoms with van der Waals surface area (Å²) in [5.41, 5.74) is 8.96. The van der Waals surface area contributed by atoms with Gasteiger partial charge < -0.3 is 19.3 Å². The van der Waals surface area contributed by atoms with Crippen molar-refractivity contribution in [2.75, 3.05) is 18.1 Å². The molecule has 3 aromatic heterocycles. The predicted octanol–water partition coefficient (Wildman–Crippen LogP) is 8.40. The second-order valence-corrected chi connectivity index (χ2v) is 14.1. The molecule has 1 N–H and O–H groups in total. The second kappa shape index (κ2) is 12.5. The van der Waals surface area contributed by atoms with Crippen LogP contribution in [0.3, 0.4) is 0 Å². The number of aromatic nitrogens is 5. The summed E-state index contributed by atoms with van der Waals surface area (Å²) in [6.07, 6.45) is 2.83. The third kappa shape index (κ3) is 5.32. The smallest absolute Gasteiger partial charge is 0.337 e. The van der Waals surface area contributed by atoms with Gasteiger partial charge in [-0.25, -0.2) is 4.79 Å². The molecule has 0 radical (unpaired) electrons. The minimum atomic E-state index is -1.08. The molecule has 7 rings (SSSR count). The fraction of sp³-hybridized carbons (Fsp3) is 0.316. The topological polar surface area (TPSA) is 107 Å². The minimum Gasteiger partial charge on any atom is -0.494 e. The van der Waals surface area contributed by atoms with E-state index in [1.165, 1.54) is 0 Å². The van der Waals surface area contributed by atoms with Crippen molar-refractivity contribution in [1.29, 1.82) is 0 Å².